The molecule has 0 bridgehead atoms. The third-order valence-electron chi connectivity index (χ3n) is 3.03. The van der Waals surface area contributed by atoms with Crippen LogP contribution in [0.15, 0.2) is 24.3 Å². The number of hydrogen-bond acceptors (Lipinski definition) is 4. The lowest BCUT2D eigenvalue weighted by molar-refractivity contribution is -0.384. The van der Waals surface area contributed by atoms with Gasteiger partial charge in [-0.1, -0.05) is 19.1 Å². The van der Waals surface area contributed by atoms with Crippen molar-refractivity contribution in [1.82, 2.24) is 5.32 Å². The van der Waals surface area contributed by atoms with Gasteiger partial charge < -0.3 is 5.32 Å². The molecule has 0 radical (unpaired) electrons. The van der Waals surface area contributed by atoms with Crippen LogP contribution < -0.4 is 5.32 Å². The Morgan fingerprint density at radius 3 is 2.75 bits per heavy atom. The van der Waals surface area contributed by atoms with Gasteiger partial charge in [0.25, 0.3) is 5.69 Å². The van der Waals surface area contributed by atoms with Gasteiger partial charge in [-0.25, -0.2) is 0 Å². The van der Waals surface area contributed by atoms with Crippen molar-refractivity contribution in [1.29, 1.82) is 0 Å². The molecule has 0 heterocycles. The van der Waals surface area contributed by atoms with E-state index in [0.29, 0.717) is 5.75 Å². The van der Waals surface area contributed by atoms with Gasteiger partial charge in [0, 0.05) is 23.4 Å². The number of benzene rings is 1. The van der Waals surface area contributed by atoms with Crippen LogP contribution in [0.3, 0.4) is 0 Å². The Morgan fingerprint density at radius 2 is 2.15 bits per heavy atom. The van der Waals surface area contributed by atoms with Crippen LogP contribution >= 0.6 is 11.8 Å². The van der Waals surface area contributed by atoms with Gasteiger partial charge in [-0.3, -0.25) is 14.9 Å². The van der Waals surface area contributed by atoms with Crippen LogP contribution in [0.25, 0.3) is 0 Å². The van der Waals surface area contributed by atoms with Crippen LogP contribution in [0.5, 0.6) is 0 Å². The zero-order chi connectivity index (χ0) is 15.1. The first kappa shape index (κ1) is 16.5. The van der Waals surface area contributed by atoms with Gasteiger partial charge in [-0.05, 0) is 25.8 Å². The van der Waals surface area contributed by atoms with Crippen molar-refractivity contribution in [2.24, 2.45) is 0 Å². The number of carbonyl (C=O) groups excluding carboxylic acids is 1. The highest BCUT2D eigenvalue weighted by molar-refractivity contribution is 8.00. The summed E-state index contributed by atoms with van der Waals surface area (Å²) in [6, 6.07) is 6.72. The SMILES string of the molecule is CC[C@H](C)NC(=O)CS[C@H](C)c1cccc([N+](=O)[O-])c1. The van der Waals surface area contributed by atoms with Gasteiger partial charge >= 0.3 is 0 Å². The van der Waals surface area contributed by atoms with Crippen molar-refractivity contribution in [3.63, 3.8) is 0 Å². The highest BCUT2D eigenvalue weighted by Gasteiger charge is 2.13. The predicted molar refractivity (Wildman–Crippen MR) is 81.9 cm³/mol. The first-order valence-corrected chi connectivity index (χ1v) is 7.64. The molecule has 1 amide bonds. The predicted octanol–water partition coefficient (Wildman–Crippen LogP) is 3.30. The Labute approximate surface area is 123 Å². The quantitative estimate of drug-likeness (QED) is 0.619. The molecule has 1 N–H and O–H groups in total. The van der Waals surface area contributed by atoms with E-state index in [1.54, 1.807) is 12.1 Å². The number of nitro groups is 1. The van der Waals surface area contributed by atoms with Crippen molar-refractivity contribution in [2.45, 2.75) is 38.5 Å². The topological polar surface area (TPSA) is 72.2 Å². The number of non-ortho nitro benzene ring substituents is 1. The summed E-state index contributed by atoms with van der Waals surface area (Å²) < 4.78 is 0. The van der Waals surface area contributed by atoms with Gasteiger partial charge in [0.1, 0.15) is 0 Å². The van der Waals surface area contributed by atoms with E-state index in [1.807, 2.05) is 26.8 Å². The summed E-state index contributed by atoms with van der Waals surface area (Å²) in [5.74, 6) is 0.357. The number of amides is 1. The maximum Gasteiger partial charge on any atom is 0.269 e. The summed E-state index contributed by atoms with van der Waals surface area (Å²) in [5.41, 5.74) is 0.944. The Balaban J connectivity index is 2.54. The molecule has 1 rings (SSSR count). The molecule has 1 aromatic rings. The number of nitrogens with one attached hydrogen (secondary N) is 1. The summed E-state index contributed by atoms with van der Waals surface area (Å²) >= 11 is 1.48. The van der Waals surface area contributed by atoms with E-state index in [2.05, 4.69) is 5.32 Å². The maximum atomic E-state index is 11.7. The Kier molecular flexibility index (Phi) is 6.51. The Bertz CT molecular complexity index is 479. The number of rotatable bonds is 7. The summed E-state index contributed by atoms with van der Waals surface area (Å²) in [6.07, 6.45) is 0.900. The fraction of sp³-hybridized carbons (Fsp3) is 0.500. The second-order valence-electron chi connectivity index (χ2n) is 4.68. The molecule has 0 saturated carbocycles. The third kappa shape index (κ3) is 5.21. The van der Waals surface area contributed by atoms with Gasteiger partial charge in [0.15, 0.2) is 0 Å². The first-order valence-electron chi connectivity index (χ1n) is 6.59. The summed E-state index contributed by atoms with van der Waals surface area (Å²) in [4.78, 5) is 22.0. The van der Waals surface area contributed by atoms with Crippen LogP contribution in [0.4, 0.5) is 5.69 Å². The molecular formula is C14H20N2O3S. The monoisotopic (exact) mass is 296 g/mol. The molecule has 0 aromatic heterocycles. The van der Waals surface area contributed by atoms with Gasteiger partial charge in [0.2, 0.25) is 5.91 Å². The molecule has 0 aliphatic carbocycles. The zero-order valence-corrected chi connectivity index (χ0v) is 12.8. The summed E-state index contributed by atoms with van der Waals surface area (Å²) in [7, 11) is 0. The molecule has 2 atom stereocenters. The molecule has 6 heteroatoms. The number of nitrogens with zero attached hydrogens (tertiary/aromatic N) is 1. The lowest BCUT2D eigenvalue weighted by atomic mass is 10.1. The van der Waals surface area contributed by atoms with E-state index in [9.17, 15) is 14.9 Å². The number of nitro benzene ring substituents is 1. The van der Waals surface area contributed by atoms with Crippen LogP contribution in [-0.2, 0) is 4.79 Å². The number of carbonyl (C=O) groups is 1. The third-order valence-corrected chi connectivity index (χ3v) is 4.24. The van der Waals surface area contributed by atoms with Crippen LogP contribution in [-0.4, -0.2) is 22.6 Å². The van der Waals surface area contributed by atoms with Crippen molar-refractivity contribution >= 4 is 23.4 Å². The second-order valence-corrected chi connectivity index (χ2v) is 6.01. The van der Waals surface area contributed by atoms with Crippen molar-refractivity contribution < 1.29 is 9.72 Å². The molecule has 0 saturated heterocycles. The zero-order valence-electron chi connectivity index (χ0n) is 12.0. The lowest BCUT2D eigenvalue weighted by Crippen LogP contribution is -2.33. The van der Waals surface area contributed by atoms with E-state index >= 15 is 0 Å². The molecule has 0 unspecified atom stereocenters. The highest BCUT2D eigenvalue weighted by atomic mass is 32.2. The molecule has 5 nitrogen and oxygen atoms in total. The maximum absolute atomic E-state index is 11.7. The molecule has 0 fully saturated rings. The molecule has 0 aliphatic heterocycles. The molecule has 110 valence electrons. The molecule has 0 aliphatic rings. The second kappa shape index (κ2) is 7.89. The van der Waals surface area contributed by atoms with Crippen molar-refractivity contribution in [2.75, 3.05) is 5.75 Å². The summed E-state index contributed by atoms with van der Waals surface area (Å²) in [5, 5.41) is 13.7. The first-order chi connectivity index (χ1) is 9.43. The van der Waals surface area contributed by atoms with Gasteiger partial charge in [-0.15, -0.1) is 11.8 Å². The fourth-order valence-electron chi connectivity index (χ4n) is 1.61. The minimum absolute atomic E-state index is 0.00151. The minimum atomic E-state index is -0.406. The number of thioether (sulfide) groups is 1. The smallest absolute Gasteiger partial charge is 0.269 e. The van der Waals surface area contributed by atoms with Gasteiger partial charge in [-0.2, -0.15) is 0 Å². The standard InChI is InChI=1S/C14H20N2O3S/c1-4-10(2)15-14(17)9-20-11(3)12-6-5-7-13(8-12)16(18)19/h5-8,10-11H,4,9H2,1-3H3,(H,15,17)/t10-,11+/m0/s1. The molecule has 1 aromatic carbocycles. The average molecular weight is 296 g/mol. The Hall–Kier alpha value is -1.56. The van der Waals surface area contributed by atoms with Crippen molar-refractivity contribution in [3.05, 3.63) is 39.9 Å². The molecule has 20 heavy (non-hydrogen) atoms. The number of hydrogen-bond donors (Lipinski definition) is 1. The van der Waals surface area contributed by atoms with E-state index in [-0.39, 0.29) is 22.9 Å². The van der Waals surface area contributed by atoms with E-state index in [1.165, 1.54) is 17.8 Å². The average Bonchev–Trinajstić information content (AvgIpc) is 2.44. The van der Waals surface area contributed by atoms with Gasteiger partial charge in [0.05, 0.1) is 10.7 Å². The normalized spacial score (nSPS) is 13.6. The van der Waals surface area contributed by atoms with Crippen LogP contribution in [0, 0.1) is 10.1 Å². The highest BCUT2D eigenvalue weighted by Crippen LogP contribution is 2.29. The van der Waals surface area contributed by atoms with Crippen molar-refractivity contribution in [3.8, 4) is 0 Å². The van der Waals surface area contributed by atoms with E-state index < -0.39 is 4.92 Å². The van der Waals surface area contributed by atoms with E-state index in [4.69, 9.17) is 0 Å². The van der Waals surface area contributed by atoms with Crippen LogP contribution in [0.1, 0.15) is 38.0 Å². The largest absolute Gasteiger partial charge is 0.353 e. The minimum Gasteiger partial charge on any atom is -0.353 e. The summed E-state index contributed by atoms with van der Waals surface area (Å²) in [6.45, 7) is 5.93. The lowest BCUT2D eigenvalue weighted by Gasteiger charge is -2.14. The molecular weight excluding hydrogens is 276 g/mol. The fourth-order valence-corrected chi connectivity index (χ4v) is 2.43. The van der Waals surface area contributed by atoms with E-state index in [0.717, 1.165) is 12.0 Å². The molecule has 0 spiro atoms. The van der Waals surface area contributed by atoms with Crippen LogP contribution in [0.2, 0.25) is 0 Å². The Morgan fingerprint density at radius 1 is 1.45 bits per heavy atom.